The van der Waals surface area contributed by atoms with Gasteiger partial charge in [-0.1, -0.05) is 35.6 Å². The number of piperidine rings is 1. The molecule has 1 fully saturated rings. The minimum Gasteiger partial charge on any atom is -0.497 e. The molecule has 29 heavy (non-hydrogen) atoms. The van der Waals surface area contributed by atoms with Gasteiger partial charge in [0.15, 0.2) is 0 Å². The van der Waals surface area contributed by atoms with Crippen molar-refractivity contribution in [1.82, 2.24) is 15.2 Å². The number of rotatable bonds is 5. The Morgan fingerprint density at radius 3 is 2.66 bits per heavy atom. The molecule has 0 aliphatic carbocycles. The molecule has 2 amide bonds. The van der Waals surface area contributed by atoms with E-state index in [0.717, 1.165) is 45.1 Å². The van der Waals surface area contributed by atoms with Crippen LogP contribution in [0, 0.1) is 6.92 Å². The molecule has 3 aromatic rings. The zero-order chi connectivity index (χ0) is 20.2. The van der Waals surface area contributed by atoms with Crippen LogP contribution in [-0.4, -0.2) is 42.2 Å². The average molecular weight is 412 g/mol. The summed E-state index contributed by atoms with van der Waals surface area (Å²) in [5.74, 6) is 0.811. The third-order valence-corrected chi connectivity index (χ3v) is 6.11. The smallest absolute Gasteiger partial charge is 0.317 e. The van der Waals surface area contributed by atoms with Crippen molar-refractivity contribution in [3.05, 3.63) is 53.6 Å². The molecular weight excluding hydrogens is 386 g/mol. The summed E-state index contributed by atoms with van der Waals surface area (Å²) in [5, 5.41) is 3.71. The van der Waals surface area contributed by atoms with E-state index in [1.54, 1.807) is 18.4 Å². The maximum atomic E-state index is 12.5. The Balaban J connectivity index is 1.25. The average Bonchev–Trinajstić information content (AvgIpc) is 3.17. The first-order valence-electron chi connectivity index (χ1n) is 9.81. The lowest BCUT2D eigenvalue weighted by Gasteiger charge is -2.31. The number of thiazole rings is 1. The summed E-state index contributed by atoms with van der Waals surface area (Å²) in [6.07, 6.45) is 1.72. The fourth-order valence-electron chi connectivity index (χ4n) is 3.47. The third-order valence-electron chi connectivity index (χ3n) is 5.20. The number of carbonyl (C=O) groups excluding carboxylic acids is 1. The second-order valence-corrected chi connectivity index (χ2v) is 8.21. The minimum atomic E-state index is -0.0325. The number of hydrogen-bond donors (Lipinski definition) is 1. The van der Waals surface area contributed by atoms with Crippen molar-refractivity contribution >= 4 is 27.6 Å². The minimum absolute atomic E-state index is 0.0325. The highest BCUT2D eigenvalue weighted by atomic mass is 32.1. The van der Waals surface area contributed by atoms with Gasteiger partial charge in [-0.15, -0.1) is 0 Å². The van der Waals surface area contributed by atoms with Crippen LogP contribution < -0.4 is 14.8 Å². The Hall–Kier alpha value is -2.80. The van der Waals surface area contributed by atoms with Gasteiger partial charge in [-0.3, -0.25) is 0 Å². The lowest BCUT2D eigenvalue weighted by molar-refractivity contribution is 0.111. The summed E-state index contributed by atoms with van der Waals surface area (Å²) in [6, 6.07) is 13.9. The summed E-state index contributed by atoms with van der Waals surface area (Å²) in [5.41, 5.74) is 3.23. The highest BCUT2D eigenvalue weighted by Crippen LogP contribution is 2.31. The molecular formula is C22H25N3O3S. The van der Waals surface area contributed by atoms with Crippen LogP contribution in [0.4, 0.5) is 4.79 Å². The zero-order valence-corrected chi connectivity index (χ0v) is 17.5. The number of likely N-dealkylation sites (tertiary alicyclic amines) is 1. The Morgan fingerprint density at radius 1 is 1.21 bits per heavy atom. The molecule has 1 aliphatic heterocycles. The van der Waals surface area contributed by atoms with Crippen molar-refractivity contribution < 1.29 is 14.3 Å². The van der Waals surface area contributed by atoms with Crippen LogP contribution in [0.3, 0.4) is 0 Å². The van der Waals surface area contributed by atoms with Crippen molar-refractivity contribution in [1.29, 1.82) is 0 Å². The van der Waals surface area contributed by atoms with Crippen LogP contribution in [-0.2, 0) is 6.54 Å². The number of nitrogens with one attached hydrogen (secondary N) is 1. The van der Waals surface area contributed by atoms with Gasteiger partial charge in [-0.05, 0) is 36.2 Å². The van der Waals surface area contributed by atoms with E-state index in [2.05, 4.69) is 29.4 Å². The molecule has 1 aliphatic rings. The molecule has 7 heteroatoms. The molecule has 0 unspecified atom stereocenters. The molecule has 0 atom stereocenters. The predicted octanol–water partition coefficient (Wildman–Crippen LogP) is 4.37. The van der Waals surface area contributed by atoms with E-state index in [0.29, 0.717) is 19.6 Å². The number of methoxy groups -OCH3 is 1. The van der Waals surface area contributed by atoms with Gasteiger partial charge < -0.3 is 19.7 Å². The summed E-state index contributed by atoms with van der Waals surface area (Å²) < 4.78 is 12.4. The number of hydrogen-bond acceptors (Lipinski definition) is 5. The molecule has 2 aromatic carbocycles. The number of carbonyl (C=O) groups is 1. The number of amides is 2. The molecule has 0 spiro atoms. The van der Waals surface area contributed by atoms with Crippen LogP contribution in [0.15, 0.2) is 42.5 Å². The fraction of sp³-hybridized carbons (Fsp3) is 0.364. The second kappa shape index (κ2) is 8.69. The predicted molar refractivity (Wildman–Crippen MR) is 115 cm³/mol. The summed E-state index contributed by atoms with van der Waals surface area (Å²) in [7, 11) is 1.64. The van der Waals surface area contributed by atoms with E-state index in [4.69, 9.17) is 9.47 Å². The number of aryl methyl sites for hydroxylation is 1. The highest BCUT2D eigenvalue weighted by Gasteiger charge is 2.24. The molecule has 4 rings (SSSR count). The fourth-order valence-corrected chi connectivity index (χ4v) is 4.43. The number of fused-ring (bicyclic) bond motifs is 1. The van der Waals surface area contributed by atoms with Crippen molar-refractivity contribution in [2.75, 3.05) is 20.2 Å². The first kappa shape index (κ1) is 19.5. The van der Waals surface area contributed by atoms with E-state index >= 15 is 0 Å². The lowest BCUT2D eigenvalue weighted by Crippen LogP contribution is -2.46. The monoisotopic (exact) mass is 411 g/mol. The number of para-hydroxylation sites is 1. The maximum absolute atomic E-state index is 12.5. The number of aromatic nitrogens is 1. The van der Waals surface area contributed by atoms with E-state index in [1.807, 2.05) is 35.2 Å². The highest BCUT2D eigenvalue weighted by molar-refractivity contribution is 7.20. The zero-order valence-electron chi connectivity index (χ0n) is 16.7. The molecule has 6 nitrogen and oxygen atoms in total. The Labute approximate surface area is 174 Å². The largest absolute Gasteiger partial charge is 0.497 e. The second-order valence-electron chi connectivity index (χ2n) is 7.21. The standard InChI is InChI=1S/C22H25N3O3S/c1-15-4-3-5-19-20(15)24-22(29-19)28-18-10-12-25(13-11-18)21(26)23-14-16-6-8-17(27-2)9-7-16/h3-9,18H,10-14H2,1-2H3,(H,23,26). The summed E-state index contributed by atoms with van der Waals surface area (Å²) in [4.78, 5) is 18.9. The Morgan fingerprint density at radius 2 is 1.97 bits per heavy atom. The summed E-state index contributed by atoms with van der Waals surface area (Å²) in [6.45, 7) is 3.94. The Bertz CT molecular complexity index is 979. The first-order valence-corrected chi connectivity index (χ1v) is 10.6. The molecule has 1 aromatic heterocycles. The Kier molecular flexibility index (Phi) is 5.85. The van der Waals surface area contributed by atoms with Gasteiger partial charge in [0.1, 0.15) is 11.9 Å². The summed E-state index contributed by atoms with van der Waals surface area (Å²) >= 11 is 1.59. The van der Waals surface area contributed by atoms with Crippen LogP contribution in [0.2, 0.25) is 0 Å². The SMILES string of the molecule is COc1ccc(CNC(=O)N2CCC(Oc3nc4c(C)cccc4s3)CC2)cc1. The van der Waals surface area contributed by atoms with Crippen LogP contribution in [0.5, 0.6) is 10.9 Å². The third kappa shape index (κ3) is 4.62. The van der Waals surface area contributed by atoms with Gasteiger partial charge in [0, 0.05) is 32.5 Å². The number of ether oxygens (including phenoxy) is 2. The van der Waals surface area contributed by atoms with Crippen molar-refractivity contribution in [3.63, 3.8) is 0 Å². The number of nitrogens with zero attached hydrogens (tertiary/aromatic N) is 2. The molecule has 1 saturated heterocycles. The van der Waals surface area contributed by atoms with E-state index in [-0.39, 0.29) is 12.1 Å². The number of benzene rings is 2. The maximum Gasteiger partial charge on any atom is 0.317 e. The van der Waals surface area contributed by atoms with E-state index < -0.39 is 0 Å². The van der Waals surface area contributed by atoms with Gasteiger partial charge in [0.05, 0.1) is 17.3 Å². The van der Waals surface area contributed by atoms with Gasteiger partial charge in [-0.2, -0.15) is 0 Å². The molecule has 0 bridgehead atoms. The topological polar surface area (TPSA) is 63.7 Å². The van der Waals surface area contributed by atoms with Crippen LogP contribution in [0.25, 0.3) is 10.2 Å². The normalized spacial score (nSPS) is 14.8. The quantitative estimate of drug-likeness (QED) is 0.677. The number of urea groups is 1. The van der Waals surface area contributed by atoms with Crippen molar-refractivity contribution in [2.24, 2.45) is 0 Å². The first-order chi connectivity index (χ1) is 14.1. The molecule has 152 valence electrons. The van der Waals surface area contributed by atoms with Crippen LogP contribution >= 0.6 is 11.3 Å². The lowest BCUT2D eigenvalue weighted by atomic mass is 10.1. The van der Waals surface area contributed by atoms with Gasteiger partial charge in [-0.25, -0.2) is 9.78 Å². The van der Waals surface area contributed by atoms with E-state index in [9.17, 15) is 4.79 Å². The molecule has 0 radical (unpaired) electrons. The van der Waals surface area contributed by atoms with Gasteiger partial charge in [0.2, 0.25) is 0 Å². The van der Waals surface area contributed by atoms with Crippen LogP contribution in [0.1, 0.15) is 24.0 Å². The molecule has 0 saturated carbocycles. The molecule has 2 heterocycles. The van der Waals surface area contributed by atoms with Gasteiger partial charge in [0.25, 0.3) is 5.19 Å². The molecule has 1 N–H and O–H groups in total. The van der Waals surface area contributed by atoms with Gasteiger partial charge >= 0.3 is 6.03 Å². The van der Waals surface area contributed by atoms with E-state index in [1.165, 1.54) is 0 Å². The van der Waals surface area contributed by atoms with Crippen molar-refractivity contribution in [2.45, 2.75) is 32.4 Å². The van der Waals surface area contributed by atoms with Crippen molar-refractivity contribution in [3.8, 4) is 10.9 Å².